The molecule has 0 aromatic heterocycles. The fourth-order valence-corrected chi connectivity index (χ4v) is 2.39. The summed E-state index contributed by atoms with van der Waals surface area (Å²) in [6.45, 7) is 6.76. The maximum Gasteiger partial charge on any atom is 0.227 e. The molecule has 0 spiro atoms. The largest absolute Gasteiger partial charge is 0.356 e. The van der Waals surface area contributed by atoms with Crippen molar-refractivity contribution < 1.29 is 4.79 Å². The lowest BCUT2D eigenvalue weighted by Gasteiger charge is -2.31. The molecule has 0 aromatic rings. The number of hydrogen-bond acceptors (Lipinski definition) is 2. The van der Waals surface area contributed by atoms with Gasteiger partial charge in [-0.3, -0.25) is 4.79 Å². The van der Waals surface area contributed by atoms with Crippen LogP contribution in [0.25, 0.3) is 0 Å². The normalized spacial score (nSPS) is 23.6. The number of nitrogens with one attached hydrogen (secondary N) is 2. The van der Waals surface area contributed by atoms with Crippen LogP contribution in [0.1, 0.15) is 39.5 Å². The maximum atomic E-state index is 12.3. The van der Waals surface area contributed by atoms with Crippen molar-refractivity contribution in [2.75, 3.05) is 19.6 Å². The van der Waals surface area contributed by atoms with Crippen molar-refractivity contribution in [1.82, 2.24) is 10.6 Å². The molecule has 1 rings (SSSR count). The summed E-state index contributed by atoms with van der Waals surface area (Å²) in [7, 11) is 0. The first kappa shape index (κ1) is 14.1. The quantitative estimate of drug-likeness (QED) is 0.542. The lowest BCUT2D eigenvalue weighted by molar-refractivity contribution is -0.132. The summed E-state index contributed by atoms with van der Waals surface area (Å²) in [4.78, 5) is 12.3. The van der Waals surface area contributed by atoms with E-state index in [1.807, 2.05) is 0 Å². The molecule has 1 atom stereocenters. The van der Waals surface area contributed by atoms with Crippen molar-refractivity contribution in [3.63, 3.8) is 0 Å². The molecule has 1 amide bonds. The summed E-state index contributed by atoms with van der Waals surface area (Å²) in [5, 5.41) is 6.36. The van der Waals surface area contributed by atoms with E-state index >= 15 is 0 Å². The zero-order valence-corrected chi connectivity index (χ0v) is 11.0. The predicted molar refractivity (Wildman–Crippen MR) is 70.5 cm³/mol. The van der Waals surface area contributed by atoms with E-state index in [1.54, 1.807) is 0 Å². The summed E-state index contributed by atoms with van der Waals surface area (Å²) in [6.07, 6.45) is 8.89. The molecule has 1 heterocycles. The third-order valence-electron chi connectivity index (χ3n) is 3.78. The standard InChI is InChI=1S/C14H24N2O/c1-4-5-6-7-9-16-13(17)14(12(2)3)8-10-15-11-14/h1,12,15H,5-11H2,2-3H3,(H,16,17). The third-order valence-corrected chi connectivity index (χ3v) is 3.78. The first-order valence-electron chi connectivity index (χ1n) is 6.56. The third kappa shape index (κ3) is 3.47. The van der Waals surface area contributed by atoms with Gasteiger partial charge in [0.1, 0.15) is 0 Å². The van der Waals surface area contributed by atoms with Crippen LogP contribution in [0.5, 0.6) is 0 Å². The Hall–Kier alpha value is -1.01. The molecule has 0 bridgehead atoms. The Labute approximate surface area is 105 Å². The zero-order chi connectivity index (χ0) is 12.7. The number of unbranched alkanes of at least 4 members (excludes halogenated alkanes) is 2. The van der Waals surface area contributed by atoms with Crippen LogP contribution in [0.4, 0.5) is 0 Å². The molecule has 96 valence electrons. The Morgan fingerprint density at radius 3 is 2.82 bits per heavy atom. The van der Waals surface area contributed by atoms with Crippen LogP contribution in [-0.2, 0) is 4.79 Å². The van der Waals surface area contributed by atoms with E-state index < -0.39 is 0 Å². The Morgan fingerprint density at radius 2 is 2.29 bits per heavy atom. The molecule has 1 aliphatic heterocycles. The molecule has 0 aromatic carbocycles. The molecule has 1 saturated heterocycles. The zero-order valence-electron chi connectivity index (χ0n) is 11.0. The van der Waals surface area contributed by atoms with Crippen LogP contribution in [0.15, 0.2) is 0 Å². The van der Waals surface area contributed by atoms with E-state index in [0.29, 0.717) is 5.92 Å². The molecule has 1 aliphatic rings. The summed E-state index contributed by atoms with van der Waals surface area (Å²) in [6, 6.07) is 0. The van der Waals surface area contributed by atoms with Crippen molar-refractivity contribution in [1.29, 1.82) is 0 Å². The minimum atomic E-state index is -0.202. The van der Waals surface area contributed by atoms with Gasteiger partial charge in [0.2, 0.25) is 5.91 Å². The molecule has 17 heavy (non-hydrogen) atoms. The summed E-state index contributed by atoms with van der Waals surface area (Å²) < 4.78 is 0. The van der Waals surface area contributed by atoms with Crippen LogP contribution >= 0.6 is 0 Å². The van der Waals surface area contributed by atoms with Gasteiger partial charge < -0.3 is 10.6 Å². The summed E-state index contributed by atoms with van der Waals surface area (Å²) >= 11 is 0. The number of carbonyl (C=O) groups is 1. The molecule has 0 saturated carbocycles. The highest BCUT2D eigenvalue weighted by molar-refractivity contribution is 5.83. The highest BCUT2D eigenvalue weighted by Crippen LogP contribution is 2.34. The van der Waals surface area contributed by atoms with E-state index in [4.69, 9.17) is 6.42 Å². The average molecular weight is 236 g/mol. The van der Waals surface area contributed by atoms with Gasteiger partial charge in [0.05, 0.1) is 5.41 Å². The first-order chi connectivity index (χ1) is 8.13. The second-order valence-corrected chi connectivity index (χ2v) is 5.15. The van der Waals surface area contributed by atoms with Crippen LogP contribution < -0.4 is 10.6 Å². The smallest absolute Gasteiger partial charge is 0.227 e. The lowest BCUT2D eigenvalue weighted by atomic mass is 9.75. The Bertz CT molecular complexity index is 285. The minimum absolute atomic E-state index is 0.202. The van der Waals surface area contributed by atoms with E-state index in [9.17, 15) is 4.79 Å². The molecule has 1 fully saturated rings. The SMILES string of the molecule is C#CCCCCNC(=O)C1(C(C)C)CCNC1. The molecule has 0 aliphatic carbocycles. The van der Waals surface area contributed by atoms with Gasteiger partial charge in [-0.25, -0.2) is 0 Å². The Kier molecular flexibility index (Phi) is 5.50. The Morgan fingerprint density at radius 1 is 1.53 bits per heavy atom. The van der Waals surface area contributed by atoms with Crippen molar-refractivity contribution in [2.45, 2.75) is 39.5 Å². The molecule has 2 N–H and O–H groups in total. The predicted octanol–water partition coefficient (Wildman–Crippen LogP) is 1.54. The number of hydrogen-bond donors (Lipinski definition) is 2. The van der Waals surface area contributed by atoms with Crippen LogP contribution in [0.3, 0.4) is 0 Å². The average Bonchev–Trinajstić information content (AvgIpc) is 2.79. The van der Waals surface area contributed by atoms with Gasteiger partial charge in [-0.05, 0) is 31.7 Å². The molecule has 1 unspecified atom stereocenters. The first-order valence-corrected chi connectivity index (χ1v) is 6.56. The minimum Gasteiger partial charge on any atom is -0.356 e. The van der Waals surface area contributed by atoms with Crippen molar-refractivity contribution in [3.8, 4) is 12.3 Å². The van der Waals surface area contributed by atoms with Gasteiger partial charge in [-0.15, -0.1) is 12.3 Å². The van der Waals surface area contributed by atoms with Crippen molar-refractivity contribution >= 4 is 5.91 Å². The van der Waals surface area contributed by atoms with Gasteiger partial charge in [0.25, 0.3) is 0 Å². The lowest BCUT2D eigenvalue weighted by Crippen LogP contribution is -2.46. The topological polar surface area (TPSA) is 41.1 Å². The summed E-state index contributed by atoms with van der Waals surface area (Å²) in [5.74, 6) is 3.20. The van der Waals surface area contributed by atoms with E-state index in [2.05, 4.69) is 30.4 Å². The molecule has 0 radical (unpaired) electrons. The second-order valence-electron chi connectivity index (χ2n) is 5.15. The number of carbonyl (C=O) groups excluding carboxylic acids is 1. The summed E-state index contributed by atoms with van der Waals surface area (Å²) in [5.41, 5.74) is -0.202. The van der Waals surface area contributed by atoms with E-state index in [1.165, 1.54) is 0 Å². The van der Waals surface area contributed by atoms with Gasteiger partial charge in [-0.1, -0.05) is 13.8 Å². The van der Waals surface area contributed by atoms with Crippen LogP contribution in [0.2, 0.25) is 0 Å². The van der Waals surface area contributed by atoms with Crippen LogP contribution in [0, 0.1) is 23.7 Å². The van der Waals surface area contributed by atoms with Crippen molar-refractivity contribution in [2.24, 2.45) is 11.3 Å². The van der Waals surface area contributed by atoms with Crippen LogP contribution in [-0.4, -0.2) is 25.5 Å². The van der Waals surface area contributed by atoms with Crippen molar-refractivity contribution in [3.05, 3.63) is 0 Å². The maximum absolute atomic E-state index is 12.3. The number of rotatable bonds is 6. The Balaban J connectivity index is 2.37. The van der Waals surface area contributed by atoms with Gasteiger partial charge in [-0.2, -0.15) is 0 Å². The molecule has 3 nitrogen and oxygen atoms in total. The van der Waals surface area contributed by atoms with Gasteiger partial charge in [0, 0.05) is 19.5 Å². The van der Waals surface area contributed by atoms with E-state index in [0.717, 1.165) is 45.3 Å². The molecular formula is C14H24N2O. The second kappa shape index (κ2) is 6.66. The van der Waals surface area contributed by atoms with Gasteiger partial charge in [0.15, 0.2) is 0 Å². The molecule has 3 heteroatoms. The van der Waals surface area contributed by atoms with Gasteiger partial charge >= 0.3 is 0 Å². The number of amides is 1. The highest BCUT2D eigenvalue weighted by atomic mass is 16.2. The monoisotopic (exact) mass is 236 g/mol. The fourth-order valence-electron chi connectivity index (χ4n) is 2.39. The fraction of sp³-hybridized carbons (Fsp3) is 0.786. The molecular weight excluding hydrogens is 212 g/mol. The van der Waals surface area contributed by atoms with E-state index in [-0.39, 0.29) is 11.3 Å². The highest BCUT2D eigenvalue weighted by Gasteiger charge is 2.43. The number of terminal acetylenes is 1.